The van der Waals surface area contributed by atoms with Gasteiger partial charge < -0.3 is 14.6 Å². The third kappa shape index (κ3) is 3.80. The van der Waals surface area contributed by atoms with Gasteiger partial charge in [-0.1, -0.05) is 31.5 Å². The van der Waals surface area contributed by atoms with Crippen LogP contribution in [0.2, 0.25) is 0 Å². The standard InChI is InChI=1S/C17H19ClF2O4/c1-4-23-10-5-7-11(8-6-10)24-17(19,20)13(18)9-12-14(15(21)22)16(12,2)3/h5-9,12,14H,4H2,1-3H3,(H,21,22)/t12-,14-/m0/s1. The Hall–Kier alpha value is -1.82. The fraction of sp³-hybridized carbons (Fsp3) is 0.471. The molecule has 132 valence electrons. The average Bonchev–Trinajstić information content (AvgIpc) is 3.02. The molecule has 0 heterocycles. The number of carbonyl (C=O) groups is 1. The van der Waals surface area contributed by atoms with Gasteiger partial charge in [0.2, 0.25) is 0 Å². The summed E-state index contributed by atoms with van der Waals surface area (Å²) in [6.07, 6.45) is -2.66. The lowest BCUT2D eigenvalue weighted by atomic mass is 10.1. The smallest absolute Gasteiger partial charge is 0.437 e. The minimum Gasteiger partial charge on any atom is -0.494 e. The fourth-order valence-corrected chi connectivity index (χ4v) is 2.86. The first-order chi connectivity index (χ1) is 11.1. The van der Waals surface area contributed by atoms with Gasteiger partial charge in [-0.25, -0.2) is 0 Å². The number of halogens is 3. The number of benzene rings is 1. The highest BCUT2D eigenvalue weighted by atomic mass is 35.5. The summed E-state index contributed by atoms with van der Waals surface area (Å²) >= 11 is 5.70. The second-order valence-electron chi connectivity index (χ2n) is 6.20. The molecule has 0 bridgehead atoms. The highest BCUT2D eigenvalue weighted by Crippen LogP contribution is 2.60. The van der Waals surface area contributed by atoms with Gasteiger partial charge >= 0.3 is 12.1 Å². The molecule has 0 spiro atoms. The lowest BCUT2D eigenvalue weighted by Gasteiger charge is -2.17. The fourth-order valence-electron chi connectivity index (χ4n) is 2.68. The number of carboxylic acids is 1. The normalized spacial score (nSPS) is 22.8. The van der Waals surface area contributed by atoms with E-state index in [0.29, 0.717) is 12.4 Å². The number of ether oxygens (including phenoxy) is 2. The van der Waals surface area contributed by atoms with E-state index < -0.39 is 34.4 Å². The van der Waals surface area contributed by atoms with Crippen molar-refractivity contribution in [1.82, 2.24) is 0 Å². The molecule has 2 atom stereocenters. The van der Waals surface area contributed by atoms with E-state index in [4.69, 9.17) is 21.4 Å². The van der Waals surface area contributed by atoms with Gasteiger partial charge in [-0.15, -0.1) is 0 Å². The number of rotatable bonds is 7. The minimum atomic E-state index is -3.74. The van der Waals surface area contributed by atoms with E-state index in [0.717, 1.165) is 6.08 Å². The van der Waals surface area contributed by atoms with Gasteiger partial charge in [-0.3, -0.25) is 4.79 Å². The summed E-state index contributed by atoms with van der Waals surface area (Å²) in [5.41, 5.74) is -0.610. The average molecular weight is 361 g/mol. The lowest BCUT2D eigenvalue weighted by molar-refractivity contribution is -0.140. The predicted molar refractivity (Wildman–Crippen MR) is 85.5 cm³/mol. The number of alkyl halides is 2. The Labute approximate surface area is 144 Å². The number of hydrogen-bond donors (Lipinski definition) is 1. The van der Waals surface area contributed by atoms with Gasteiger partial charge in [0.1, 0.15) is 16.5 Å². The SMILES string of the molecule is CCOc1ccc(OC(F)(F)C(Cl)=C[C@H]2[C@@H](C(=O)O)C2(C)C)cc1. The third-order valence-electron chi connectivity index (χ3n) is 4.16. The summed E-state index contributed by atoms with van der Waals surface area (Å²) < 4.78 is 38.1. The molecule has 1 aliphatic carbocycles. The van der Waals surface area contributed by atoms with Crippen molar-refractivity contribution in [3.05, 3.63) is 35.4 Å². The van der Waals surface area contributed by atoms with E-state index in [-0.39, 0.29) is 5.75 Å². The summed E-state index contributed by atoms with van der Waals surface area (Å²) in [5.74, 6) is -1.84. The van der Waals surface area contributed by atoms with E-state index in [1.54, 1.807) is 13.8 Å². The second-order valence-corrected chi connectivity index (χ2v) is 6.61. The molecule has 0 aliphatic heterocycles. The molecule has 1 aliphatic rings. The van der Waals surface area contributed by atoms with Crippen molar-refractivity contribution in [2.75, 3.05) is 6.61 Å². The van der Waals surface area contributed by atoms with Gasteiger partial charge in [0.15, 0.2) is 0 Å². The van der Waals surface area contributed by atoms with Crippen LogP contribution in [0.25, 0.3) is 0 Å². The molecular formula is C17H19ClF2O4. The Morgan fingerprint density at radius 3 is 2.33 bits per heavy atom. The van der Waals surface area contributed by atoms with Crippen molar-refractivity contribution in [1.29, 1.82) is 0 Å². The first-order valence-electron chi connectivity index (χ1n) is 7.50. The zero-order chi connectivity index (χ0) is 18.1. The zero-order valence-electron chi connectivity index (χ0n) is 13.6. The Morgan fingerprint density at radius 1 is 1.33 bits per heavy atom. The van der Waals surface area contributed by atoms with Gasteiger partial charge in [-0.05, 0) is 42.5 Å². The predicted octanol–water partition coefficient (Wildman–Crippen LogP) is 4.54. The van der Waals surface area contributed by atoms with Gasteiger partial charge in [-0.2, -0.15) is 8.78 Å². The van der Waals surface area contributed by atoms with Crippen molar-refractivity contribution in [3.63, 3.8) is 0 Å². The Kier molecular flexibility index (Phi) is 5.08. The molecule has 1 fully saturated rings. The number of allylic oxidation sites excluding steroid dienone is 1. The molecule has 24 heavy (non-hydrogen) atoms. The molecule has 7 heteroatoms. The Balaban J connectivity index is 2.09. The molecule has 1 N–H and O–H groups in total. The van der Waals surface area contributed by atoms with Crippen LogP contribution in [-0.4, -0.2) is 23.8 Å². The monoisotopic (exact) mass is 360 g/mol. The van der Waals surface area contributed by atoms with Gasteiger partial charge in [0.05, 0.1) is 12.5 Å². The number of aliphatic carboxylic acids is 1. The first kappa shape index (κ1) is 18.5. The topological polar surface area (TPSA) is 55.8 Å². The van der Waals surface area contributed by atoms with Crippen LogP contribution in [0, 0.1) is 17.3 Å². The second kappa shape index (κ2) is 6.59. The van der Waals surface area contributed by atoms with E-state index >= 15 is 0 Å². The number of hydrogen-bond acceptors (Lipinski definition) is 3. The molecular weight excluding hydrogens is 342 g/mol. The van der Waals surface area contributed by atoms with Gasteiger partial charge in [0.25, 0.3) is 0 Å². The van der Waals surface area contributed by atoms with Crippen molar-refractivity contribution in [2.24, 2.45) is 17.3 Å². The van der Waals surface area contributed by atoms with E-state index in [1.165, 1.54) is 24.3 Å². The van der Waals surface area contributed by atoms with Crippen LogP contribution in [0.4, 0.5) is 8.78 Å². The maximum absolute atomic E-state index is 14.1. The molecule has 1 aromatic carbocycles. The highest BCUT2D eigenvalue weighted by Gasteiger charge is 2.61. The third-order valence-corrected chi connectivity index (χ3v) is 4.51. The van der Waals surface area contributed by atoms with Crippen molar-refractivity contribution in [2.45, 2.75) is 26.9 Å². The van der Waals surface area contributed by atoms with Crippen LogP contribution in [0.1, 0.15) is 20.8 Å². The van der Waals surface area contributed by atoms with Crippen molar-refractivity contribution in [3.8, 4) is 11.5 Å². The van der Waals surface area contributed by atoms with E-state index in [1.807, 2.05) is 6.92 Å². The first-order valence-corrected chi connectivity index (χ1v) is 7.87. The summed E-state index contributed by atoms with van der Waals surface area (Å²) in [6.45, 7) is 5.67. The molecule has 1 saturated carbocycles. The van der Waals surface area contributed by atoms with Crippen LogP contribution < -0.4 is 9.47 Å². The van der Waals surface area contributed by atoms with Crippen LogP contribution in [0.3, 0.4) is 0 Å². The van der Waals surface area contributed by atoms with Crippen LogP contribution >= 0.6 is 11.6 Å². The van der Waals surface area contributed by atoms with Gasteiger partial charge in [0, 0.05) is 0 Å². The summed E-state index contributed by atoms with van der Waals surface area (Å²) in [4.78, 5) is 11.1. The molecule has 2 rings (SSSR count). The van der Waals surface area contributed by atoms with Crippen LogP contribution in [0.15, 0.2) is 35.4 Å². The molecule has 0 unspecified atom stereocenters. The Bertz CT molecular complexity index is 640. The van der Waals surface area contributed by atoms with E-state index in [2.05, 4.69) is 4.74 Å². The molecule has 0 radical (unpaired) electrons. The maximum Gasteiger partial charge on any atom is 0.437 e. The van der Waals surface area contributed by atoms with Crippen molar-refractivity contribution >= 4 is 17.6 Å². The molecule has 0 amide bonds. The molecule has 4 nitrogen and oxygen atoms in total. The summed E-state index contributed by atoms with van der Waals surface area (Å²) in [7, 11) is 0. The van der Waals surface area contributed by atoms with Crippen LogP contribution in [-0.2, 0) is 4.79 Å². The summed E-state index contributed by atoms with van der Waals surface area (Å²) in [6, 6.07) is 5.72. The summed E-state index contributed by atoms with van der Waals surface area (Å²) in [5, 5.41) is 8.26. The largest absolute Gasteiger partial charge is 0.494 e. The zero-order valence-corrected chi connectivity index (χ0v) is 14.3. The molecule has 0 aromatic heterocycles. The highest BCUT2D eigenvalue weighted by molar-refractivity contribution is 6.30. The van der Waals surface area contributed by atoms with E-state index in [9.17, 15) is 13.6 Å². The molecule has 0 saturated heterocycles. The van der Waals surface area contributed by atoms with Crippen LogP contribution in [0.5, 0.6) is 11.5 Å². The number of carboxylic acid groups (broad SMARTS) is 1. The Morgan fingerprint density at radius 2 is 1.88 bits per heavy atom. The maximum atomic E-state index is 14.1. The quantitative estimate of drug-likeness (QED) is 0.775. The van der Waals surface area contributed by atoms with Crippen molar-refractivity contribution < 1.29 is 28.2 Å². The minimum absolute atomic E-state index is 0.0696. The molecule has 1 aromatic rings. The lowest BCUT2D eigenvalue weighted by Crippen LogP contribution is -2.25.